The maximum atomic E-state index is 12.2. The van der Waals surface area contributed by atoms with Crippen LogP contribution >= 0.6 is 11.3 Å². The van der Waals surface area contributed by atoms with Crippen LogP contribution in [0.3, 0.4) is 0 Å². The van der Waals surface area contributed by atoms with Crippen molar-refractivity contribution in [3.8, 4) is 0 Å². The maximum absolute atomic E-state index is 12.2. The Morgan fingerprint density at radius 3 is 2.19 bits per heavy atom. The van der Waals surface area contributed by atoms with Crippen LogP contribution in [-0.2, 0) is 9.53 Å². The fourth-order valence-electron chi connectivity index (χ4n) is 2.82. The van der Waals surface area contributed by atoms with Gasteiger partial charge in [-0.3, -0.25) is 19.2 Å². The molecular weight excluding hydrogens is 354 g/mol. The molecule has 0 saturated carbocycles. The highest BCUT2D eigenvalue weighted by atomic mass is 32.1. The zero-order chi connectivity index (χ0) is 18.8. The van der Waals surface area contributed by atoms with E-state index in [-0.39, 0.29) is 18.6 Å². The molecule has 7 heteroatoms. The molecule has 3 rings (SSSR count). The molecule has 1 aromatic heterocycles. The van der Waals surface area contributed by atoms with Gasteiger partial charge in [-0.1, -0.05) is 12.1 Å². The number of amides is 2. The van der Waals surface area contributed by atoms with Crippen molar-refractivity contribution in [3.63, 3.8) is 0 Å². The first kappa shape index (κ1) is 18.0. The first-order chi connectivity index (χ1) is 12.4. The predicted octanol–water partition coefficient (Wildman–Crippen LogP) is 3.12. The first-order valence-corrected chi connectivity index (χ1v) is 8.91. The van der Waals surface area contributed by atoms with Gasteiger partial charge < -0.3 is 4.74 Å². The molecule has 0 aliphatic carbocycles. The van der Waals surface area contributed by atoms with Gasteiger partial charge >= 0.3 is 5.97 Å². The zero-order valence-electron chi connectivity index (χ0n) is 14.4. The van der Waals surface area contributed by atoms with Crippen LogP contribution in [0.15, 0.2) is 30.3 Å². The average molecular weight is 371 g/mol. The van der Waals surface area contributed by atoms with Gasteiger partial charge in [-0.15, -0.1) is 11.3 Å². The number of esters is 1. The van der Waals surface area contributed by atoms with Gasteiger partial charge in [0.15, 0.2) is 12.5 Å². The number of nitrogens with zero attached hydrogens (tertiary/aromatic N) is 1. The highest BCUT2D eigenvalue weighted by molar-refractivity contribution is 7.12. The van der Waals surface area contributed by atoms with Crippen molar-refractivity contribution in [1.29, 1.82) is 0 Å². The topological polar surface area (TPSA) is 80.8 Å². The monoisotopic (exact) mass is 371 g/mol. The Labute approximate surface area is 154 Å². The lowest BCUT2D eigenvalue weighted by Gasteiger charge is -2.13. The molecule has 0 saturated heterocycles. The third kappa shape index (κ3) is 3.43. The molecule has 1 aliphatic heterocycles. The van der Waals surface area contributed by atoms with E-state index in [4.69, 9.17) is 4.74 Å². The summed E-state index contributed by atoms with van der Waals surface area (Å²) in [5.41, 5.74) is 1.22. The number of hydrogen-bond acceptors (Lipinski definition) is 6. The lowest BCUT2D eigenvalue weighted by atomic mass is 10.1. The number of fused-ring (bicyclic) bond motifs is 1. The Bertz CT molecular complexity index is 879. The van der Waals surface area contributed by atoms with Crippen LogP contribution in [0.5, 0.6) is 0 Å². The number of Topliss-reactive ketones (excluding diaryl/α,β-unsaturated/α-hetero) is 1. The SMILES string of the molecule is Cc1cc(C(=O)CCC(=O)OCN2C(=O)c3ccccc3C2=O)c(C)s1. The van der Waals surface area contributed by atoms with Crippen molar-refractivity contribution >= 4 is 34.9 Å². The summed E-state index contributed by atoms with van der Waals surface area (Å²) >= 11 is 1.53. The molecule has 2 amide bonds. The lowest BCUT2D eigenvalue weighted by Crippen LogP contribution is -2.33. The van der Waals surface area contributed by atoms with Crippen LogP contribution in [0.25, 0.3) is 0 Å². The lowest BCUT2D eigenvalue weighted by molar-refractivity contribution is -0.146. The second-order valence-electron chi connectivity index (χ2n) is 5.98. The van der Waals surface area contributed by atoms with Gasteiger partial charge in [0.05, 0.1) is 17.5 Å². The molecular formula is C19H17NO5S. The van der Waals surface area contributed by atoms with Gasteiger partial charge in [-0.05, 0) is 32.0 Å². The highest BCUT2D eigenvalue weighted by Gasteiger charge is 2.35. The Balaban J connectivity index is 1.52. The van der Waals surface area contributed by atoms with Crippen LogP contribution in [0, 0.1) is 13.8 Å². The summed E-state index contributed by atoms with van der Waals surface area (Å²) in [5.74, 6) is -1.72. The second-order valence-corrected chi connectivity index (χ2v) is 7.44. The molecule has 1 aliphatic rings. The van der Waals surface area contributed by atoms with E-state index >= 15 is 0 Å². The summed E-state index contributed by atoms with van der Waals surface area (Å²) in [6.45, 7) is 3.34. The number of aryl methyl sites for hydroxylation is 2. The van der Waals surface area contributed by atoms with Gasteiger partial charge in [0.1, 0.15) is 0 Å². The number of carbonyl (C=O) groups is 4. The van der Waals surface area contributed by atoms with E-state index in [9.17, 15) is 19.2 Å². The minimum absolute atomic E-state index is 0.0258. The van der Waals surface area contributed by atoms with E-state index in [1.54, 1.807) is 24.3 Å². The molecule has 0 bridgehead atoms. The molecule has 134 valence electrons. The molecule has 26 heavy (non-hydrogen) atoms. The number of benzene rings is 1. The largest absolute Gasteiger partial charge is 0.444 e. The zero-order valence-corrected chi connectivity index (χ0v) is 15.2. The summed E-state index contributed by atoms with van der Waals surface area (Å²) < 4.78 is 5.02. The van der Waals surface area contributed by atoms with Crippen molar-refractivity contribution in [2.45, 2.75) is 26.7 Å². The summed E-state index contributed by atoms with van der Waals surface area (Å²) in [4.78, 5) is 51.3. The molecule has 1 aromatic carbocycles. The van der Waals surface area contributed by atoms with Crippen LogP contribution in [0.1, 0.15) is 53.7 Å². The standard InChI is InChI=1S/C19H17NO5S/c1-11-9-15(12(2)26-11)16(21)7-8-17(22)25-10-20-18(23)13-5-3-4-6-14(13)19(20)24/h3-6,9H,7-8,10H2,1-2H3. The summed E-state index contributed by atoms with van der Waals surface area (Å²) in [7, 11) is 0. The minimum Gasteiger partial charge on any atom is -0.444 e. The van der Waals surface area contributed by atoms with Crippen LogP contribution in [0.4, 0.5) is 0 Å². The Morgan fingerprint density at radius 2 is 1.65 bits per heavy atom. The molecule has 0 N–H and O–H groups in total. The van der Waals surface area contributed by atoms with E-state index in [0.29, 0.717) is 16.7 Å². The summed E-state index contributed by atoms with van der Waals surface area (Å²) in [6.07, 6.45) is -0.0751. The van der Waals surface area contributed by atoms with Gasteiger partial charge in [-0.2, -0.15) is 0 Å². The molecule has 0 unspecified atom stereocenters. The van der Waals surface area contributed by atoms with Crippen molar-refractivity contribution in [2.75, 3.05) is 6.73 Å². The van der Waals surface area contributed by atoms with Crippen molar-refractivity contribution in [1.82, 2.24) is 4.90 Å². The molecule has 0 spiro atoms. The van der Waals surface area contributed by atoms with Crippen LogP contribution in [0.2, 0.25) is 0 Å². The van der Waals surface area contributed by atoms with Crippen molar-refractivity contribution in [3.05, 3.63) is 56.8 Å². The van der Waals surface area contributed by atoms with E-state index in [2.05, 4.69) is 0 Å². The molecule has 0 radical (unpaired) electrons. The Hall–Kier alpha value is -2.80. The van der Waals surface area contributed by atoms with E-state index in [0.717, 1.165) is 14.7 Å². The molecule has 2 heterocycles. The number of ether oxygens (including phenoxy) is 1. The Kier molecular flexibility index (Phi) is 4.99. The third-order valence-electron chi connectivity index (χ3n) is 4.13. The normalized spacial score (nSPS) is 13.1. The van der Waals surface area contributed by atoms with Crippen molar-refractivity contribution in [2.24, 2.45) is 0 Å². The van der Waals surface area contributed by atoms with Gasteiger partial charge in [0, 0.05) is 21.7 Å². The predicted molar refractivity (Wildman–Crippen MR) is 95.3 cm³/mol. The maximum Gasteiger partial charge on any atom is 0.307 e. The fraction of sp³-hybridized carbons (Fsp3) is 0.263. The summed E-state index contributed by atoms with van der Waals surface area (Å²) in [5, 5.41) is 0. The van der Waals surface area contributed by atoms with E-state index < -0.39 is 24.5 Å². The number of ketones is 1. The van der Waals surface area contributed by atoms with Crippen LogP contribution < -0.4 is 0 Å². The van der Waals surface area contributed by atoms with Gasteiger partial charge in [0.2, 0.25) is 0 Å². The third-order valence-corrected chi connectivity index (χ3v) is 5.10. The first-order valence-electron chi connectivity index (χ1n) is 8.09. The van der Waals surface area contributed by atoms with E-state index in [1.165, 1.54) is 11.3 Å². The van der Waals surface area contributed by atoms with Crippen LogP contribution in [-0.4, -0.2) is 35.2 Å². The number of thiophene rings is 1. The molecule has 0 atom stereocenters. The molecule has 2 aromatic rings. The number of hydrogen-bond donors (Lipinski definition) is 0. The minimum atomic E-state index is -0.625. The number of rotatable bonds is 6. The van der Waals surface area contributed by atoms with Gasteiger partial charge in [-0.25, -0.2) is 4.90 Å². The number of imide groups is 1. The average Bonchev–Trinajstić information content (AvgIpc) is 3.08. The molecule has 6 nitrogen and oxygen atoms in total. The Morgan fingerprint density at radius 1 is 1.04 bits per heavy atom. The van der Waals surface area contributed by atoms with Gasteiger partial charge in [0.25, 0.3) is 11.8 Å². The van der Waals surface area contributed by atoms with Crippen molar-refractivity contribution < 1.29 is 23.9 Å². The molecule has 0 fully saturated rings. The summed E-state index contributed by atoms with van der Waals surface area (Å²) in [6, 6.07) is 8.26. The second kappa shape index (κ2) is 7.21. The highest BCUT2D eigenvalue weighted by Crippen LogP contribution is 2.23. The quantitative estimate of drug-likeness (QED) is 0.443. The smallest absolute Gasteiger partial charge is 0.307 e. The number of carbonyl (C=O) groups excluding carboxylic acids is 4. The fourth-order valence-corrected chi connectivity index (χ4v) is 3.77. The van der Waals surface area contributed by atoms with E-state index in [1.807, 2.05) is 19.9 Å².